The summed E-state index contributed by atoms with van der Waals surface area (Å²) >= 11 is 0. The van der Waals surface area contributed by atoms with Gasteiger partial charge in [0, 0.05) is 18.0 Å². The second-order valence-corrected chi connectivity index (χ2v) is 4.39. The number of benzene rings is 1. The van der Waals surface area contributed by atoms with Gasteiger partial charge in [-0.1, -0.05) is 24.0 Å². The van der Waals surface area contributed by atoms with Crippen molar-refractivity contribution < 1.29 is 9.59 Å². The van der Waals surface area contributed by atoms with E-state index in [2.05, 4.69) is 16.8 Å². The monoisotopic (exact) mass is 277 g/mol. The highest BCUT2D eigenvalue weighted by Gasteiger charge is 2.37. The molecule has 2 aromatic rings. The molecule has 0 saturated heterocycles. The first-order chi connectivity index (χ1) is 10.2. The van der Waals surface area contributed by atoms with Crippen LogP contribution in [0.1, 0.15) is 26.3 Å². The van der Waals surface area contributed by atoms with Gasteiger partial charge in [0.05, 0.1) is 23.4 Å². The number of aromatic nitrogens is 1. The maximum absolute atomic E-state index is 12.4. The van der Waals surface area contributed by atoms with E-state index in [1.807, 2.05) is 0 Å². The molecule has 3 rings (SSSR count). The van der Waals surface area contributed by atoms with Crippen LogP contribution in [0.25, 0.3) is 0 Å². The number of nitrogens with zero attached hydrogens (tertiary/aromatic N) is 2. The minimum atomic E-state index is -0.384. The highest BCUT2D eigenvalue weighted by atomic mass is 16.2. The molecule has 1 aromatic carbocycles. The molecule has 2 heterocycles. The number of carbonyl (C=O) groups is 2. The first-order valence-corrected chi connectivity index (χ1v) is 6.35. The van der Waals surface area contributed by atoms with Crippen LogP contribution in [0.2, 0.25) is 0 Å². The molecule has 1 aliphatic heterocycles. The molecule has 1 aromatic heterocycles. The summed E-state index contributed by atoms with van der Waals surface area (Å²) < 4.78 is 0. The van der Waals surface area contributed by atoms with Gasteiger partial charge in [-0.2, -0.15) is 0 Å². The Morgan fingerprint density at radius 1 is 1.10 bits per heavy atom. The Hall–Kier alpha value is -2.97. The number of hydrogen-bond acceptors (Lipinski definition) is 4. The topological polar surface area (TPSA) is 76.3 Å². The molecule has 102 valence electrons. The van der Waals surface area contributed by atoms with E-state index in [-0.39, 0.29) is 18.4 Å². The molecule has 2 amide bonds. The zero-order chi connectivity index (χ0) is 14.8. The van der Waals surface area contributed by atoms with E-state index in [1.54, 1.807) is 30.3 Å². The van der Waals surface area contributed by atoms with E-state index < -0.39 is 0 Å². The van der Waals surface area contributed by atoms with Crippen LogP contribution in [0, 0.1) is 11.8 Å². The van der Waals surface area contributed by atoms with Crippen molar-refractivity contribution in [2.75, 3.05) is 11.4 Å². The maximum atomic E-state index is 12.4. The van der Waals surface area contributed by atoms with Crippen molar-refractivity contribution in [1.29, 1.82) is 0 Å². The van der Waals surface area contributed by atoms with Gasteiger partial charge in [-0.15, -0.1) is 0 Å². The van der Waals surface area contributed by atoms with Crippen LogP contribution in [0.5, 0.6) is 0 Å². The third-order valence-electron chi connectivity index (χ3n) is 3.16. The molecule has 2 N–H and O–H groups in total. The van der Waals surface area contributed by atoms with Crippen molar-refractivity contribution in [2.24, 2.45) is 5.73 Å². The van der Waals surface area contributed by atoms with E-state index in [0.717, 1.165) is 4.90 Å². The summed E-state index contributed by atoms with van der Waals surface area (Å²) in [5.41, 5.74) is 7.09. The summed E-state index contributed by atoms with van der Waals surface area (Å²) in [7, 11) is 0. The van der Waals surface area contributed by atoms with Crippen LogP contribution in [0.15, 0.2) is 42.7 Å². The number of nitrogens with two attached hydrogens (primary N) is 1. The molecule has 21 heavy (non-hydrogen) atoms. The Morgan fingerprint density at radius 3 is 2.62 bits per heavy atom. The zero-order valence-electron chi connectivity index (χ0n) is 11.0. The quantitative estimate of drug-likeness (QED) is 0.627. The van der Waals surface area contributed by atoms with Crippen molar-refractivity contribution in [3.05, 3.63) is 59.4 Å². The van der Waals surface area contributed by atoms with Crippen LogP contribution in [-0.4, -0.2) is 23.3 Å². The lowest BCUT2D eigenvalue weighted by Crippen LogP contribution is -2.30. The standard InChI is InChI=1S/C16H11N3O2/c17-8-3-5-11-4-1-2-6-14(11)19-15(20)12-7-9-18-10-13(12)16(19)21/h1-2,4,6-7,9-10H,8,17H2. The molecular weight excluding hydrogens is 266 g/mol. The molecule has 0 saturated carbocycles. The van der Waals surface area contributed by atoms with E-state index >= 15 is 0 Å². The second kappa shape index (κ2) is 5.19. The summed E-state index contributed by atoms with van der Waals surface area (Å²) in [6, 6.07) is 8.54. The number of fused-ring (bicyclic) bond motifs is 1. The van der Waals surface area contributed by atoms with Crippen molar-refractivity contribution >= 4 is 17.5 Å². The number of pyridine rings is 1. The van der Waals surface area contributed by atoms with E-state index in [4.69, 9.17) is 5.73 Å². The number of para-hydroxylation sites is 1. The van der Waals surface area contributed by atoms with Crippen LogP contribution in [0.4, 0.5) is 5.69 Å². The summed E-state index contributed by atoms with van der Waals surface area (Å²) in [6.45, 7) is 0.209. The fourth-order valence-corrected chi connectivity index (χ4v) is 2.22. The van der Waals surface area contributed by atoms with Crippen LogP contribution in [0.3, 0.4) is 0 Å². The minimum Gasteiger partial charge on any atom is -0.320 e. The Morgan fingerprint density at radius 2 is 1.86 bits per heavy atom. The Kier molecular flexibility index (Phi) is 3.22. The molecule has 0 fully saturated rings. The van der Waals surface area contributed by atoms with Gasteiger partial charge in [-0.25, -0.2) is 4.90 Å². The number of anilines is 1. The van der Waals surface area contributed by atoms with Crippen molar-refractivity contribution in [2.45, 2.75) is 0 Å². The van der Waals surface area contributed by atoms with Crippen molar-refractivity contribution in [3.63, 3.8) is 0 Å². The number of carbonyl (C=O) groups excluding carboxylic acids is 2. The number of rotatable bonds is 1. The van der Waals surface area contributed by atoms with Crippen LogP contribution < -0.4 is 10.6 Å². The van der Waals surface area contributed by atoms with Gasteiger partial charge in [-0.3, -0.25) is 14.6 Å². The minimum absolute atomic E-state index is 0.209. The van der Waals surface area contributed by atoms with Gasteiger partial charge in [0.1, 0.15) is 0 Å². The molecule has 0 aliphatic carbocycles. The smallest absolute Gasteiger partial charge is 0.267 e. The first-order valence-electron chi connectivity index (χ1n) is 6.35. The van der Waals surface area contributed by atoms with Crippen molar-refractivity contribution in [1.82, 2.24) is 4.98 Å². The van der Waals surface area contributed by atoms with E-state index in [9.17, 15) is 9.59 Å². The largest absolute Gasteiger partial charge is 0.320 e. The summed E-state index contributed by atoms with van der Waals surface area (Å²) in [5.74, 6) is 4.87. The van der Waals surface area contributed by atoms with Gasteiger partial charge in [0.25, 0.3) is 11.8 Å². The predicted octanol–water partition coefficient (Wildman–Crippen LogP) is 1.19. The molecule has 0 atom stereocenters. The predicted molar refractivity (Wildman–Crippen MR) is 77.8 cm³/mol. The molecular formula is C16H11N3O2. The highest BCUT2D eigenvalue weighted by molar-refractivity contribution is 6.34. The SMILES string of the molecule is NCC#Cc1ccccc1N1C(=O)c2ccncc2C1=O. The highest BCUT2D eigenvalue weighted by Crippen LogP contribution is 2.29. The van der Waals surface area contributed by atoms with E-state index in [0.29, 0.717) is 22.4 Å². The Bertz CT molecular complexity index is 767. The first kappa shape index (κ1) is 13.0. The second-order valence-electron chi connectivity index (χ2n) is 4.39. The summed E-state index contributed by atoms with van der Waals surface area (Å²) in [5, 5.41) is 0. The molecule has 0 radical (unpaired) electrons. The summed E-state index contributed by atoms with van der Waals surface area (Å²) in [6.07, 6.45) is 2.90. The number of hydrogen-bond donors (Lipinski definition) is 1. The maximum Gasteiger partial charge on any atom is 0.267 e. The molecule has 5 heteroatoms. The molecule has 5 nitrogen and oxygen atoms in total. The number of amides is 2. The van der Waals surface area contributed by atoms with Gasteiger partial charge in [0.2, 0.25) is 0 Å². The third-order valence-corrected chi connectivity index (χ3v) is 3.16. The van der Waals surface area contributed by atoms with E-state index in [1.165, 1.54) is 12.4 Å². The molecule has 1 aliphatic rings. The van der Waals surface area contributed by atoms with Gasteiger partial charge < -0.3 is 5.73 Å². The van der Waals surface area contributed by atoms with Crippen LogP contribution >= 0.6 is 0 Å². The average Bonchev–Trinajstić information content (AvgIpc) is 2.78. The molecule has 0 unspecified atom stereocenters. The Labute approximate surface area is 121 Å². The van der Waals surface area contributed by atoms with Crippen molar-refractivity contribution in [3.8, 4) is 11.8 Å². The van der Waals surface area contributed by atoms with Gasteiger partial charge >= 0.3 is 0 Å². The fourth-order valence-electron chi connectivity index (χ4n) is 2.22. The lowest BCUT2D eigenvalue weighted by Gasteiger charge is -2.15. The fraction of sp³-hybridized carbons (Fsp3) is 0.0625. The molecule has 0 bridgehead atoms. The Balaban J connectivity index is 2.12. The number of imide groups is 1. The van der Waals surface area contributed by atoms with Gasteiger partial charge in [0.15, 0.2) is 0 Å². The average molecular weight is 277 g/mol. The third kappa shape index (κ3) is 2.08. The van der Waals surface area contributed by atoms with Gasteiger partial charge in [-0.05, 0) is 18.2 Å². The lowest BCUT2D eigenvalue weighted by molar-refractivity contribution is 0.0926. The normalized spacial score (nSPS) is 12.9. The zero-order valence-corrected chi connectivity index (χ0v) is 11.0. The molecule has 0 spiro atoms. The lowest BCUT2D eigenvalue weighted by atomic mass is 10.1. The summed E-state index contributed by atoms with van der Waals surface area (Å²) in [4.78, 5) is 29.9. The van der Waals surface area contributed by atoms with Crippen LogP contribution in [-0.2, 0) is 0 Å².